The average molecular weight is 252 g/mol. The second-order valence-electron chi connectivity index (χ2n) is 4.42. The largest absolute Gasteiger partial charge is 0.286 e. The first-order valence-electron chi connectivity index (χ1n) is 5.52. The summed E-state index contributed by atoms with van der Waals surface area (Å²) >= 11 is 0. The molecule has 1 fully saturated rings. The molecular formula is C12H17N2O2P. The lowest BCUT2D eigenvalue weighted by molar-refractivity contribution is -0.134. The van der Waals surface area contributed by atoms with Crippen molar-refractivity contribution in [2.75, 3.05) is 7.11 Å². The molecule has 2 rings (SSSR count). The van der Waals surface area contributed by atoms with Crippen molar-refractivity contribution in [3.8, 4) is 0 Å². The van der Waals surface area contributed by atoms with E-state index in [4.69, 9.17) is 0 Å². The molecule has 1 aromatic rings. The quantitative estimate of drug-likeness (QED) is 0.627. The van der Waals surface area contributed by atoms with Crippen LogP contribution in [0.3, 0.4) is 0 Å². The summed E-state index contributed by atoms with van der Waals surface area (Å²) in [5.41, 5.74) is 4.25. The van der Waals surface area contributed by atoms with Crippen LogP contribution in [0.5, 0.6) is 0 Å². The van der Waals surface area contributed by atoms with Crippen LogP contribution in [0.15, 0.2) is 24.3 Å². The Hall–Kier alpha value is -0.960. The van der Waals surface area contributed by atoms with Crippen molar-refractivity contribution >= 4 is 15.3 Å². The van der Waals surface area contributed by atoms with Gasteiger partial charge in [-0.25, -0.2) is 5.48 Å². The minimum atomic E-state index is -0.546. The Labute approximate surface area is 103 Å². The molecule has 0 aromatic heterocycles. The van der Waals surface area contributed by atoms with Gasteiger partial charge in [-0.1, -0.05) is 39.2 Å². The molecule has 2 unspecified atom stereocenters. The van der Waals surface area contributed by atoms with Gasteiger partial charge in [0.2, 0.25) is 0 Å². The van der Waals surface area contributed by atoms with Gasteiger partial charge in [-0.2, -0.15) is 0 Å². The summed E-state index contributed by atoms with van der Waals surface area (Å²) in [7, 11) is 3.86. The van der Waals surface area contributed by atoms with Gasteiger partial charge in [-0.15, -0.1) is 0 Å². The van der Waals surface area contributed by atoms with Gasteiger partial charge in [-0.05, 0) is 18.9 Å². The Morgan fingerprint density at radius 3 is 2.65 bits per heavy atom. The molecular weight excluding hydrogens is 235 g/mol. The zero-order chi connectivity index (χ0) is 12.5. The number of hydrogen-bond donors (Lipinski definition) is 2. The topological polar surface area (TPSA) is 50.4 Å². The molecule has 0 bridgehead atoms. The third-order valence-electron chi connectivity index (χ3n) is 3.30. The van der Waals surface area contributed by atoms with Gasteiger partial charge in [0.05, 0.1) is 7.11 Å². The van der Waals surface area contributed by atoms with E-state index in [9.17, 15) is 4.79 Å². The smallest absolute Gasteiger partial charge is 0.264 e. The van der Waals surface area contributed by atoms with Crippen molar-refractivity contribution in [2.45, 2.75) is 24.8 Å². The molecule has 1 aromatic carbocycles. The first-order chi connectivity index (χ1) is 8.14. The van der Waals surface area contributed by atoms with Crippen molar-refractivity contribution in [3.63, 3.8) is 0 Å². The third kappa shape index (κ3) is 2.21. The van der Waals surface area contributed by atoms with E-state index in [1.165, 1.54) is 18.2 Å². The van der Waals surface area contributed by atoms with Crippen molar-refractivity contribution in [2.24, 2.45) is 0 Å². The molecule has 3 atom stereocenters. The predicted molar refractivity (Wildman–Crippen MR) is 69.3 cm³/mol. The van der Waals surface area contributed by atoms with Crippen LogP contribution in [0.25, 0.3) is 0 Å². The van der Waals surface area contributed by atoms with Gasteiger partial charge in [0.15, 0.2) is 0 Å². The van der Waals surface area contributed by atoms with Gasteiger partial charge < -0.3 is 0 Å². The Morgan fingerprint density at radius 1 is 1.47 bits per heavy atom. The highest BCUT2D eigenvalue weighted by Crippen LogP contribution is 2.52. The molecule has 2 N–H and O–H groups in total. The van der Waals surface area contributed by atoms with Gasteiger partial charge in [0, 0.05) is 5.92 Å². The molecule has 1 aliphatic carbocycles. The lowest BCUT2D eigenvalue weighted by Crippen LogP contribution is -2.43. The summed E-state index contributed by atoms with van der Waals surface area (Å²) in [5.74, 6) is 0.0799. The normalized spacial score (nSPS) is 26.6. The number of carbonyl (C=O) groups excluding carboxylic acids is 1. The molecule has 92 valence electrons. The minimum Gasteiger partial charge on any atom is -0.286 e. The van der Waals surface area contributed by atoms with Crippen LogP contribution < -0.4 is 10.6 Å². The molecule has 0 spiro atoms. The Bertz CT molecular complexity index is 421. The highest BCUT2D eigenvalue weighted by atomic mass is 31.0. The fraction of sp³-hybridized carbons (Fsp3) is 0.417. The number of benzene rings is 1. The van der Waals surface area contributed by atoms with Gasteiger partial charge >= 0.3 is 0 Å². The second kappa shape index (κ2) is 4.73. The van der Waals surface area contributed by atoms with E-state index in [0.29, 0.717) is 0 Å². The van der Waals surface area contributed by atoms with Crippen molar-refractivity contribution in [3.05, 3.63) is 35.4 Å². The fourth-order valence-electron chi connectivity index (χ4n) is 2.12. The Morgan fingerprint density at radius 2 is 2.12 bits per heavy atom. The zero-order valence-corrected chi connectivity index (χ0v) is 11.1. The summed E-state index contributed by atoms with van der Waals surface area (Å²) in [6.45, 7) is 2.05. The molecule has 0 radical (unpaired) electrons. The van der Waals surface area contributed by atoms with Crippen molar-refractivity contribution in [1.29, 1.82) is 0 Å². The van der Waals surface area contributed by atoms with E-state index in [0.717, 1.165) is 6.42 Å². The number of amides is 1. The van der Waals surface area contributed by atoms with Crippen LogP contribution in [0.4, 0.5) is 0 Å². The van der Waals surface area contributed by atoms with E-state index in [1.54, 1.807) is 0 Å². The Balaban J connectivity index is 2.15. The molecule has 4 nitrogen and oxygen atoms in total. The number of nitrogens with one attached hydrogen (secondary N) is 2. The zero-order valence-electron chi connectivity index (χ0n) is 9.99. The summed E-state index contributed by atoms with van der Waals surface area (Å²) < 4.78 is 0. The SMILES string of the molecule is CONC(=O)[C@]1(NP)CC1c1ccc(C)cc1. The standard InChI is InChI=1S/C12H17N2O2P/c1-8-3-5-9(6-4-8)10-7-12(10,14-17)11(15)13-16-2/h3-6,10,14H,7,17H2,1-2H3,(H,13,15)/t10?,12-/m0/s1. The average Bonchev–Trinajstić information content (AvgIpc) is 3.06. The van der Waals surface area contributed by atoms with Crippen LogP contribution in [0.2, 0.25) is 0 Å². The molecule has 0 heterocycles. The highest BCUT2D eigenvalue weighted by Gasteiger charge is 2.60. The second-order valence-corrected chi connectivity index (χ2v) is 4.71. The maximum Gasteiger partial charge on any atom is 0.264 e. The molecule has 1 amide bonds. The lowest BCUT2D eigenvalue weighted by atomic mass is 10.0. The van der Waals surface area contributed by atoms with E-state index >= 15 is 0 Å². The van der Waals surface area contributed by atoms with Crippen LogP contribution in [0.1, 0.15) is 23.5 Å². The Kier molecular flexibility index (Phi) is 3.48. The van der Waals surface area contributed by atoms with Crippen molar-refractivity contribution in [1.82, 2.24) is 10.6 Å². The number of rotatable bonds is 4. The van der Waals surface area contributed by atoms with Gasteiger partial charge in [0.1, 0.15) is 5.54 Å². The van der Waals surface area contributed by atoms with E-state index < -0.39 is 5.54 Å². The monoisotopic (exact) mass is 252 g/mol. The van der Waals surface area contributed by atoms with Crippen LogP contribution in [-0.4, -0.2) is 18.6 Å². The summed E-state index contributed by atoms with van der Waals surface area (Å²) in [6.07, 6.45) is 0.786. The maximum absolute atomic E-state index is 11.9. The molecule has 0 aliphatic heterocycles. The number of aryl methyl sites for hydroxylation is 1. The molecule has 1 aliphatic rings. The fourth-order valence-corrected chi connectivity index (χ4v) is 2.57. The first-order valence-corrected chi connectivity index (χ1v) is 6.09. The van der Waals surface area contributed by atoms with E-state index in [2.05, 4.69) is 56.0 Å². The van der Waals surface area contributed by atoms with E-state index in [-0.39, 0.29) is 11.8 Å². The van der Waals surface area contributed by atoms with Crippen LogP contribution in [-0.2, 0) is 9.63 Å². The molecule has 5 heteroatoms. The van der Waals surface area contributed by atoms with Crippen molar-refractivity contribution < 1.29 is 9.63 Å². The van der Waals surface area contributed by atoms with Crippen LogP contribution in [0, 0.1) is 6.92 Å². The third-order valence-corrected chi connectivity index (χ3v) is 3.81. The number of carbonyl (C=O) groups is 1. The minimum absolute atomic E-state index is 0.124. The van der Waals surface area contributed by atoms with Gasteiger partial charge in [-0.3, -0.25) is 14.7 Å². The molecule has 17 heavy (non-hydrogen) atoms. The van der Waals surface area contributed by atoms with E-state index in [1.807, 2.05) is 0 Å². The predicted octanol–water partition coefficient (Wildman–Crippen LogP) is 1.28. The highest BCUT2D eigenvalue weighted by molar-refractivity contribution is 7.14. The maximum atomic E-state index is 11.9. The summed E-state index contributed by atoms with van der Waals surface area (Å²) in [4.78, 5) is 16.6. The molecule has 1 saturated carbocycles. The van der Waals surface area contributed by atoms with Gasteiger partial charge in [0.25, 0.3) is 5.91 Å². The number of hydroxylamine groups is 1. The number of hydrogen-bond acceptors (Lipinski definition) is 3. The molecule has 0 saturated heterocycles. The van der Waals surface area contributed by atoms with Crippen LogP contribution >= 0.6 is 9.39 Å². The lowest BCUT2D eigenvalue weighted by Gasteiger charge is -2.15. The summed E-state index contributed by atoms with van der Waals surface area (Å²) in [6, 6.07) is 8.28. The summed E-state index contributed by atoms with van der Waals surface area (Å²) in [5, 5.41) is 3.02. The first kappa shape index (κ1) is 12.5.